The quantitative estimate of drug-likeness (QED) is 0.713. The first-order valence-electron chi connectivity index (χ1n) is 6.28. The van der Waals surface area contributed by atoms with Gasteiger partial charge in [0.05, 0.1) is 12.3 Å². The molecular formula is C13H23N3O2. The molecule has 102 valence electrons. The van der Waals surface area contributed by atoms with Gasteiger partial charge in [-0.2, -0.15) is 0 Å². The minimum absolute atomic E-state index is 0.0253. The number of hydrogen-bond donors (Lipinski definition) is 1. The van der Waals surface area contributed by atoms with Gasteiger partial charge in [0.1, 0.15) is 6.10 Å². The molecule has 0 fully saturated rings. The topological polar surface area (TPSA) is 56.3 Å². The van der Waals surface area contributed by atoms with Crippen LogP contribution in [-0.4, -0.2) is 37.3 Å². The SMILES string of the molecule is CCC(OC)c1nc(C)cc(CNCCOC)n1. The molecule has 0 amide bonds. The monoisotopic (exact) mass is 253 g/mol. The number of nitrogens with one attached hydrogen (secondary N) is 1. The van der Waals surface area contributed by atoms with E-state index >= 15 is 0 Å². The van der Waals surface area contributed by atoms with Gasteiger partial charge < -0.3 is 14.8 Å². The third-order valence-corrected chi connectivity index (χ3v) is 2.66. The first-order valence-corrected chi connectivity index (χ1v) is 6.28. The van der Waals surface area contributed by atoms with Crippen molar-refractivity contribution in [2.45, 2.75) is 32.9 Å². The Morgan fingerprint density at radius 3 is 2.72 bits per heavy atom. The lowest BCUT2D eigenvalue weighted by Gasteiger charge is -2.13. The predicted octanol–water partition coefficient (Wildman–Crippen LogP) is 1.62. The highest BCUT2D eigenvalue weighted by molar-refractivity contribution is 5.11. The summed E-state index contributed by atoms with van der Waals surface area (Å²) in [5.41, 5.74) is 1.96. The van der Waals surface area contributed by atoms with Crippen molar-refractivity contribution in [3.63, 3.8) is 0 Å². The average molecular weight is 253 g/mol. The molecule has 1 atom stereocenters. The predicted molar refractivity (Wildman–Crippen MR) is 70.4 cm³/mol. The molecule has 1 heterocycles. The summed E-state index contributed by atoms with van der Waals surface area (Å²) >= 11 is 0. The minimum Gasteiger partial charge on any atom is -0.383 e. The summed E-state index contributed by atoms with van der Waals surface area (Å²) in [7, 11) is 3.38. The van der Waals surface area contributed by atoms with Crippen LogP contribution in [0.3, 0.4) is 0 Å². The Balaban J connectivity index is 2.68. The van der Waals surface area contributed by atoms with Gasteiger partial charge in [-0.1, -0.05) is 6.92 Å². The lowest BCUT2D eigenvalue weighted by Crippen LogP contribution is -2.20. The number of hydrogen-bond acceptors (Lipinski definition) is 5. The summed E-state index contributed by atoms with van der Waals surface area (Å²) in [6.07, 6.45) is 0.846. The molecule has 18 heavy (non-hydrogen) atoms. The van der Waals surface area contributed by atoms with E-state index in [-0.39, 0.29) is 6.10 Å². The molecule has 0 aliphatic rings. The van der Waals surface area contributed by atoms with E-state index in [1.54, 1.807) is 14.2 Å². The molecule has 0 radical (unpaired) electrons. The molecule has 0 bridgehead atoms. The van der Waals surface area contributed by atoms with Gasteiger partial charge in [0.25, 0.3) is 0 Å². The highest BCUT2D eigenvalue weighted by Crippen LogP contribution is 2.16. The molecule has 1 aromatic rings. The van der Waals surface area contributed by atoms with Gasteiger partial charge in [-0.25, -0.2) is 9.97 Å². The minimum atomic E-state index is -0.0253. The number of methoxy groups -OCH3 is 2. The van der Waals surface area contributed by atoms with E-state index in [4.69, 9.17) is 9.47 Å². The third-order valence-electron chi connectivity index (χ3n) is 2.66. The van der Waals surface area contributed by atoms with Crippen molar-refractivity contribution >= 4 is 0 Å². The van der Waals surface area contributed by atoms with Crippen LogP contribution in [0.4, 0.5) is 0 Å². The molecule has 0 aliphatic heterocycles. The van der Waals surface area contributed by atoms with Crippen molar-refractivity contribution in [1.82, 2.24) is 15.3 Å². The Morgan fingerprint density at radius 2 is 2.11 bits per heavy atom. The first-order chi connectivity index (χ1) is 8.71. The largest absolute Gasteiger partial charge is 0.383 e. The van der Waals surface area contributed by atoms with Crippen LogP contribution in [0.5, 0.6) is 0 Å². The number of aromatic nitrogens is 2. The maximum absolute atomic E-state index is 5.37. The Labute approximate surface area is 109 Å². The zero-order valence-corrected chi connectivity index (χ0v) is 11.7. The number of rotatable bonds is 8. The highest BCUT2D eigenvalue weighted by Gasteiger charge is 2.12. The summed E-state index contributed by atoms with van der Waals surface area (Å²) in [6, 6.07) is 1.99. The van der Waals surface area contributed by atoms with E-state index in [0.717, 1.165) is 36.7 Å². The smallest absolute Gasteiger partial charge is 0.157 e. The zero-order chi connectivity index (χ0) is 13.4. The summed E-state index contributed by atoms with van der Waals surface area (Å²) in [5.74, 6) is 0.767. The summed E-state index contributed by atoms with van der Waals surface area (Å²) in [4.78, 5) is 8.97. The van der Waals surface area contributed by atoms with Gasteiger partial charge in [-0.05, 0) is 19.4 Å². The van der Waals surface area contributed by atoms with Crippen molar-refractivity contribution in [2.75, 3.05) is 27.4 Å². The van der Waals surface area contributed by atoms with Crippen LogP contribution in [-0.2, 0) is 16.0 Å². The van der Waals surface area contributed by atoms with Crippen LogP contribution in [0.2, 0.25) is 0 Å². The van der Waals surface area contributed by atoms with E-state index < -0.39 is 0 Å². The third kappa shape index (κ3) is 4.68. The van der Waals surface area contributed by atoms with E-state index in [1.165, 1.54) is 0 Å². The van der Waals surface area contributed by atoms with Gasteiger partial charge in [0, 0.05) is 33.0 Å². The molecule has 5 heteroatoms. The second kappa shape index (κ2) is 8.13. The van der Waals surface area contributed by atoms with Gasteiger partial charge in [0.15, 0.2) is 5.82 Å². The van der Waals surface area contributed by atoms with E-state index in [9.17, 15) is 0 Å². The molecule has 0 aromatic carbocycles. The molecule has 1 aromatic heterocycles. The van der Waals surface area contributed by atoms with Crippen LogP contribution in [0.1, 0.15) is 36.7 Å². The molecule has 1 rings (SSSR count). The maximum atomic E-state index is 5.37. The Hall–Kier alpha value is -1.04. The lowest BCUT2D eigenvalue weighted by molar-refractivity contribution is 0.0922. The van der Waals surface area contributed by atoms with Gasteiger partial charge in [-0.3, -0.25) is 0 Å². The fourth-order valence-electron chi connectivity index (χ4n) is 1.74. The fraction of sp³-hybridized carbons (Fsp3) is 0.692. The maximum Gasteiger partial charge on any atom is 0.157 e. The summed E-state index contributed by atoms with van der Waals surface area (Å²) in [6.45, 7) is 6.28. The van der Waals surface area contributed by atoms with Crippen LogP contribution >= 0.6 is 0 Å². The van der Waals surface area contributed by atoms with Gasteiger partial charge in [0.2, 0.25) is 0 Å². The zero-order valence-electron chi connectivity index (χ0n) is 11.7. The molecule has 1 unspecified atom stereocenters. The highest BCUT2D eigenvalue weighted by atomic mass is 16.5. The van der Waals surface area contributed by atoms with Gasteiger partial charge in [-0.15, -0.1) is 0 Å². The number of aryl methyl sites for hydroxylation is 1. The lowest BCUT2D eigenvalue weighted by atomic mass is 10.2. The van der Waals surface area contributed by atoms with E-state index in [1.807, 2.05) is 13.0 Å². The number of ether oxygens (including phenoxy) is 2. The average Bonchev–Trinajstić information content (AvgIpc) is 2.36. The second-order valence-corrected chi connectivity index (χ2v) is 4.16. The molecular weight excluding hydrogens is 230 g/mol. The van der Waals surface area contributed by atoms with Crippen LogP contribution in [0.15, 0.2) is 6.07 Å². The Bertz CT molecular complexity index is 354. The van der Waals surface area contributed by atoms with Crippen molar-refractivity contribution in [3.8, 4) is 0 Å². The van der Waals surface area contributed by atoms with Crippen LogP contribution in [0.25, 0.3) is 0 Å². The Kier molecular flexibility index (Phi) is 6.78. The van der Waals surface area contributed by atoms with Crippen LogP contribution < -0.4 is 5.32 Å². The van der Waals surface area contributed by atoms with E-state index in [0.29, 0.717) is 6.61 Å². The molecule has 0 saturated heterocycles. The molecule has 0 aliphatic carbocycles. The fourth-order valence-corrected chi connectivity index (χ4v) is 1.74. The molecule has 0 spiro atoms. The molecule has 0 saturated carbocycles. The van der Waals surface area contributed by atoms with Crippen molar-refractivity contribution in [2.24, 2.45) is 0 Å². The summed E-state index contributed by atoms with van der Waals surface area (Å²) in [5, 5.41) is 3.28. The van der Waals surface area contributed by atoms with Crippen molar-refractivity contribution in [3.05, 3.63) is 23.3 Å². The second-order valence-electron chi connectivity index (χ2n) is 4.16. The van der Waals surface area contributed by atoms with Crippen LogP contribution in [0, 0.1) is 6.92 Å². The molecule has 5 nitrogen and oxygen atoms in total. The first kappa shape index (κ1) is 15.0. The van der Waals surface area contributed by atoms with E-state index in [2.05, 4.69) is 22.2 Å². The number of nitrogens with zero attached hydrogens (tertiary/aromatic N) is 2. The standard InChI is InChI=1S/C13H23N3O2/c1-5-12(18-4)13-15-10(2)8-11(16-13)9-14-6-7-17-3/h8,12,14H,5-7,9H2,1-4H3. The van der Waals surface area contributed by atoms with Crippen molar-refractivity contribution in [1.29, 1.82) is 0 Å². The molecule has 1 N–H and O–H groups in total. The van der Waals surface area contributed by atoms with Crippen molar-refractivity contribution < 1.29 is 9.47 Å². The normalized spacial score (nSPS) is 12.7. The summed E-state index contributed by atoms with van der Waals surface area (Å²) < 4.78 is 10.4. The van der Waals surface area contributed by atoms with Gasteiger partial charge >= 0.3 is 0 Å². The Morgan fingerprint density at radius 1 is 1.33 bits per heavy atom.